The fourth-order valence-corrected chi connectivity index (χ4v) is 4.18. The van der Waals surface area contributed by atoms with E-state index in [1.807, 2.05) is 12.1 Å². The van der Waals surface area contributed by atoms with Crippen LogP contribution in [0.4, 0.5) is 17.2 Å². The Bertz CT molecular complexity index is 1230. The summed E-state index contributed by atoms with van der Waals surface area (Å²) in [5, 5.41) is 6.32. The molecule has 10 heteroatoms. The van der Waals surface area contributed by atoms with E-state index in [4.69, 9.17) is 33.7 Å². The standard InChI is InChI=1S/C26H27Cl2N5O3/c27-17-4-8-22(21(14-17)26(35)32-24-9-5-18(28)16-30-24)31-25(34)20-7-6-19(33-11-1-2-12-33)15-23(20)36-13-3-10-29/h4-9,14-16H,1-3,10-13,29H2,(H,31,34)(H,30,32,35). The van der Waals surface area contributed by atoms with Crippen molar-refractivity contribution in [2.45, 2.75) is 19.3 Å². The molecule has 1 aliphatic rings. The second-order valence-electron chi connectivity index (χ2n) is 8.33. The number of nitrogens with one attached hydrogen (secondary N) is 2. The highest BCUT2D eigenvalue weighted by Gasteiger charge is 2.20. The first-order valence-electron chi connectivity index (χ1n) is 11.7. The lowest BCUT2D eigenvalue weighted by molar-refractivity contribution is 0.102. The minimum atomic E-state index is -0.480. The molecule has 2 heterocycles. The number of carbonyl (C=O) groups is 2. The van der Waals surface area contributed by atoms with Crippen LogP contribution in [0.15, 0.2) is 54.7 Å². The van der Waals surface area contributed by atoms with Gasteiger partial charge in [-0.15, -0.1) is 0 Å². The summed E-state index contributed by atoms with van der Waals surface area (Å²) < 4.78 is 5.94. The van der Waals surface area contributed by atoms with Gasteiger partial charge in [-0.25, -0.2) is 4.98 Å². The Hall–Kier alpha value is -3.33. The Kier molecular flexibility index (Phi) is 8.64. The Morgan fingerprint density at radius 3 is 2.42 bits per heavy atom. The number of amides is 2. The largest absolute Gasteiger partial charge is 0.493 e. The van der Waals surface area contributed by atoms with Gasteiger partial charge >= 0.3 is 0 Å². The summed E-state index contributed by atoms with van der Waals surface area (Å²) in [5.41, 5.74) is 7.47. The Balaban J connectivity index is 1.58. The second-order valence-corrected chi connectivity index (χ2v) is 9.20. The topological polar surface area (TPSA) is 110 Å². The fourth-order valence-electron chi connectivity index (χ4n) is 3.89. The van der Waals surface area contributed by atoms with Crippen molar-refractivity contribution in [3.05, 3.63) is 75.9 Å². The number of aromatic nitrogens is 1. The van der Waals surface area contributed by atoms with Crippen LogP contribution in [-0.2, 0) is 0 Å². The van der Waals surface area contributed by atoms with Gasteiger partial charge in [0, 0.05) is 36.1 Å². The molecule has 0 radical (unpaired) electrons. The second kappa shape index (κ2) is 12.1. The van der Waals surface area contributed by atoms with E-state index >= 15 is 0 Å². The van der Waals surface area contributed by atoms with Crippen LogP contribution in [0, 0.1) is 0 Å². The maximum atomic E-state index is 13.3. The van der Waals surface area contributed by atoms with Crippen LogP contribution < -0.4 is 26.0 Å². The van der Waals surface area contributed by atoms with Crippen LogP contribution in [-0.4, -0.2) is 43.0 Å². The minimum Gasteiger partial charge on any atom is -0.493 e. The van der Waals surface area contributed by atoms with Gasteiger partial charge in [0.15, 0.2) is 0 Å². The van der Waals surface area contributed by atoms with Gasteiger partial charge in [0.2, 0.25) is 0 Å². The molecule has 36 heavy (non-hydrogen) atoms. The van der Waals surface area contributed by atoms with E-state index in [1.165, 1.54) is 12.3 Å². The van der Waals surface area contributed by atoms with Gasteiger partial charge in [0.25, 0.3) is 11.8 Å². The lowest BCUT2D eigenvalue weighted by Crippen LogP contribution is -2.21. The number of benzene rings is 2. The third-order valence-electron chi connectivity index (χ3n) is 5.73. The summed E-state index contributed by atoms with van der Waals surface area (Å²) >= 11 is 12.0. The molecule has 188 valence electrons. The highest BCUT2D eigenvalue weighted by Crippen LogP contribution is 2.30. The first-order chi connectivity index (χ1) is 17.4. The normalized spacial score (nSPS) is 12.9. The van der Waals surface area contributed by atoms with Crippen molar-refractivity contribution in [3.8, 4) is 5.75 Å². The van der Waals surface area contributed by atoms with Gasteiger partial charge in [-0.05, 0) is 68.3 Å². The predicted octanol–water partition coefficient (Wildman–Crippen LogP) is 5.22. The van der Waals surface area contributed by atoms with Crippen molar-refractivity contribution in [1.29, 1.82) is 0 Å². The smallest absolute Gasteiger partial charge is 0.259 e. The first-order valence-corrected chi connectivity index (χ1v) is 12.5. The van der Waals surface area contributed by atoms with Crippen LogP contribution in [0.1, 0.15) is 40.0 Å². The van der Waals surface area contributed by atoms with E-state index in [0.29, 0.717) is 52.4 Å². The van der Waals surface area contributed by atoms with Crippen molar-refractivity contribution in [2.75, 3.05) is 41.8 Å². The van der Waals surface area contributed by atoms with E-state index in [-0.39, 0.29) is 5.56 Å². The zero-order chi connectivity index (χ0) is 25.5. The average Bonchev–Trinajstić information content (AvgIpc) is 3.42. The molecule has 4 rings (SSSR count). The van der Waals surface area contributed by atoms with Crippen LogP contribution in [0.5, 0.6) is 5.75 Å². The van der Waals surface area contributed by atoms with Gasteiger partial charge < -0.3 is 26.0 Å². The Labute approximate surface area is 219 Å². The summed E-state index contributed by atoms with van der Waals surface area (Å²) in [5.74, 6) is -0.108. The lowest BCUT2D eigenvalue weighted by atomic mass is 10.1. The van der Waals surface area contributed by atoms with Crippen LogP contribution in [0.2, 0.25) is 10.0 Å². The number of halogens is 2. The molecule has 0 aliphatic carbocycles. The van der Waals surface area contributed by atoms with Crippen molar-refractivity contribution >= 4 is 52.2 Å². The summed E-state index contributed by atoms with van der Waals surface area (Å²) in [6, 6.07) is 13.4. The van der Waals surface area contributed by atoms with E-state index in [1.54, 1.807) is 30.3 Å². The number of hydrogen-bond donors (Lipinski definition) is 3. The van der Waals surface area contributed by atoms with E-state index < -0.39 is 11.8 Å². The third-order valence-corrected chi connectivity index (χ3v) is 6.19. The number of ether oxygens (including phenoxy) is 1. The molecule has 0 spiro atoms. The predicted molar refractivity (Wildman–Crippen MR) is 144 cm³/mol. The first kappa shape index (κ1) is 25.8. The molecule has 0 atom stereocenters. The van der Waals surface area contributed by atoms with Crippen molar-refractivity contribution in [2.24, 2.45) is 5.73 Å². The summed E-state index contributed by atoms with van der Waals surface area (Å²) in [6.07, 6.45) is 4.36. The maximum absolute atomic E-state index is 13.3. The van der Waals surface area contributed by atoms with E-state index in [9.17, 15) is 9.59 Å². The number of rotatable bonds is 9. The van der Waals surface area contributed by atoms with Gasteiger partial charge in [0.05, 0.1) is 28.4 Å². The summed E-state index contributed by atoms with van der Waals surface area (Å²) in [6.45, 7) is 2.82. The number of hydrogen-bond acceptors (Lipinski definition) is 6. The van der Waals surface area contributed by atoms with Crippen molar-refractivity contribution in [3.63, 3.8) is 0 Å². The van der Waals surface area contributed by atoms with Crippen molar-refractivity contribution < 1.29 is 14.3 Å². The van der Waals surface area contributed by atoms with Gasteiger partial charge in [0.1, 0.15) is 11.6 Å². The SMILES string of the molecule is NCCCOc1cc(N2CCCC2)ccc1C(=O)Nc1ccc(Cl)cc1C(=O)Nc1ccc(Cl)cn1. The molecule has 3 aromatic rings. The number of anilines is 3. The number of nitrogens with two attached hydrogens (primary N) is 1. The minimum absolute atomic E-state index is 0.187. The zero-order valence-corrected chi connectivity index (χ0v) is 21.1. The quantitative estimate of drug-likeness (QED) is 0.329. The monoisotopic (exact) mass is 527 g/mol. The molecule has 8 nitrogen and oxygen atoms in total. The molecule has 1 saturated heterocycles. The molecular weight excluding hydrogens is 501 g/mol. The highest BCUT2D eigenvalue weighted by molar-refractivity contribution is 6.31. The molecule has 1 aromatic heterocycles. The van der Waals surface area contributed by atoms with Gasteiger partial charge in [-0.3, -0.25) is 9.59 Å². The van der Waals surface area contributed by atoms with Crippen molar-refractivity contribution in [1.82, 2.24) is 4.98 Å². The molecule has 0 bridgehead atoms. The molecule has 0 unspecified atom stereocenters. The summed E-state index contributed by atoms with van der Waals surface area (Å²) in [7, 11) is 0. The van der Waals surface area contributed by atoms with E-state index in [0.717, 1.165) is 31.6 Å². The van der Waals surface area contributed by atoms with Gasteiger partial charge in [-0.1, -0.05) is 23.2 Å². The number of pyridine rings is 1. The van der Waals surface area contributed by atoms with Gasteiger partial charge in [-0.2, -0.15) is 0 Å². The molecule has 2 aromatic carbocycles. The maximum Gasteiger partial charge on any atom is 0.259 e. The van der Waals surface area contributed by atoms with Crippen LogP contribution in [0.25, 0.3) is 0 Å². The third kappa shape index (κ3) is 6.46. The zero-order valence-electron chi connectivity index (χ0n) is 19.6. The van der Waals surface area contributed by atoms with Crippen LogP contribution in [0.3, 0.4) is 0 Å². The molecule has 1 fully saturated rings. The van der Waals surface area contributed by atoms with E-state index in [2.05, 4.69) is 20.5 Å². The number of carbonyl (C=O) groups excluding carboxylic acids is 2. The summed E-state index contributed by atoms with van der Waals surface area (Å²) in [4.78, 5) is 32.7. The average molecular weight is 528 g/mol. The molecular formula is C26H27Cl2N5O3. The molecule has 2 amide bonds. The Morgan fingerprint density at radius 1 is 0.944 bits per heavy atom. The number of nitrogens with zero attached hydrogens (tertiary/aromatic N) is 2. The molecule has 0 saturated carbocycles. The molecule has 1 aliphatic heterocycles. The lowest BCUT2D eigenvalue weighted by Gasteiger charge is -2.20. The molecule has 4 N–H and O–H groups in total. The fraction of sp³-hybridized carbons (Fsp3) is 0.269. The highest BCUT2D eigenvalue weighted by atomic mass is 35.5. The Morgan fingerprint density at radius 2 is 1.69 bits per heavy atom. The van der Waals surface area contributed by atoms with Crippen LogP contribution >= 0.6 is 23.2 Å².